The van der Waals surface area contributed by atoms with E-state index in [2.05, 4.69) is 11.9 Å². The van der Waals surface area contributed by atoms with Crippen molar-refractivity contribution in [1.82, 2.24) is 4.98 Å². The van der Waals surface area contributed by atoms with Crippen LogP contribution in [-0.4, -0.2) is 10.9 Å². The molecule has 1 nitrogen and oxygen atoms in total. The molecule has 1 heterocycles. The summed E-state index contributed by atoms with van der Waals surface area (Å²) in [4.78, 5) is 4.24. The van der Waals surface area contributed by atoms with E-state index in [0.29, 0.717) is 11.8 Å². The summed E-state index contributed by atoms with van der Waals surface area (Å²) in [6.07, 6.45) is 2.87. The van der Waals surface area contributed by atoms with Gasteiger partial charge in [-0.15, -0.1) is 11.6 Å². The number of alkyl halides is 1. The van der Waals surface area contributed by atoms with E-state index < -0.39 is 0 Å². The molecule has 60 valence electrons. The Labute approximate surface area is 72.4 Å². The highest BCUT2D eigenvalue weighted by Gasteiger charge is 2.07. The molecule has 1 rings (SSSR count). The minimum atomic E-state index is 0.415. The Balaban J connectivity index is 2.74. The molecule has 0 aromatic carbocycles. The minimum Gasteiger partial charge on any atom is -0.261 e. The number of aromatic nitrogens is 1. The predicted octanol–water partition coefficient (Wildman–Crippen LogP) is 2.81. The lowest BCUT2D eigenvalue weighted by Crippen LogP contribution is -2.00. The second kappa shape index (κ2) is 4.35. The van der Waals surface area contributed by atoms with Crippen LogP contribution in [0.4, 0.5) is 0 Å². The van der Waals surface area contributed by atoms with E-state index >= 15 is 0 Å². The van der Waals surface area contributed by atoms with Crippen LogP contribution in [-0.2, 0) is 0 Å². The number of rotatable bonds is 3. The Morgan fingerprint density at radius 1 is 1.55 bits per heavy atom. The molecular weight excluding hydrogens is 158 g/mol. The lowest BCUT2D eigenvalue weighted by atomic mass is 10.0. The van der Waals surface area contributed by atoms with Crippen LogP contribution < -0.4 is 0 Å². The molecule has 1 atom stereocenters. The summed E-state index contributed by atoms with van der Waals surface area (Å²) in [5.74, 6) is 1.07. The molecule has 11 heavy (non-hydrogen) atoms. The van der Waals surface area contributed by atoms with E-state index in [0.717, 1.165) is 12.1 Å². The average molecular weight is 170 g/mol. The van der Waals surface area contributed by atoms with Gasteiger partial charge in [-0.25, -0.2) is 0 Å². The number of hydrogen-bond acceptors (Lipinski definition) is 1. The zero-order chi connectivity index (χ0) is 8.10. The Hall–Kier alpha value is -0.560. The van der Waals surface area contributed by atoms with Crippen LogP contribution in [0.5, 0.6) is 0 Å². The van der Waals surface area contributed by atoms with Gasteiger partial charge >= 0.3 is 0 Å². The first-order valence-electron chi connectivity index (χ1n) is 3.85. The maximum atomic E-state index is 5.76. The molecule has 0 spiro atoms. The van der Waals surface area contributed by atoms with Crippen LogP contribution in [0.2, 0.25) is 0 Å². The Bertz CT molecular complexity index is 194. The van der Waals surface area contributed by atoms with E-state index in [4.69, 9.17) is 11.6 Å². The lowest BCUT2D eigenvalue weighted by molar-refractivity contribution is 0.714. The van der Waals surface area contributed by atoms with Crippen LogP contribution in [0.15, 0.2) is 24.4 Å². The quantitative estimate of drug-likeness (QED) is 0.635. The van der Waals surface area contributed by atoms with Crippen LogP contribution in [0, 0.1) is 0 Å². The molecule has 0 saturated heterocycles. The van der Waals surface area contributed by atoms with Gasteiger partial charge in [0.15, 0.2) is 0 Å². The normalized spacial score (nSPS) is 12.9. The highest BCUT2D eigenvalue weighted by molar-refractivity contribution is 6.18. The molecule has 1 aromatic heterocycles. The van der Waals surface area contributed by atoms with E-state index in [1.165, 1.54) is 0 Å². The second-order valence-electron chi connectivity index (χ2n) is 2.51. The number of halogens is 1. The van der Waals surface area contributed by atoms with Gasteiger partial charge in [-0.05, 0) is 18.6 Å². The number of hydrogen-bond donors (Lipinski definition) is 0. The second-order valence-corrected chi connectivity index (χ2v) is 2.82. The van der Waals surface area contributed by atoms with Crippen LogP contribution >= 0.6 is 11.6 Å². The molecule has 0 radical (unpaired) electrons. The summed E-state index contributed by atoms with van der Waals surface area (Å²) in [5.41, 5.74) is 1.10. The largest absolute Gasteiger partial charge is 0.261 e. The van der Waals surface area contributed by atoms with E-state index in [9.17, 15) is 0 Å². The van der Waals surface area contributed by atoms with E-state index in [1.54, 1.807) is 0 Å². The summed E-state index contributed by atoms with van der Waals surface area (Å²) >= 11 is 5.76. The number of pyridine rings is 1. The van der Waals surface area contributed by atoms with Crippen molar-refractivity contribution in [2.45, 2.75) is 19.3 Å². The van der Waals surface area contributed by atoms with Crippen molar-refractivity contribution < 1.29 is 0 Å². The molecule has 2 heteroatoms. The standard InChI is InChI=1S/C9H12ClN/c1-2-8(7-10)9-5-3-4-6-11-9/h3-6,8H,2,7H2,1H3. The SMILES string of the molecule is CCC(CCl)c1ccccn1. The summed E-state index contributed by atoms with van der Waals surface area (Å²) < 4.78 is 0. The van der Waals surface area contributed by atoms with Gasteiger partial charge in [-0.1, -0.05) is 13.0 Å². The van der Waals surface area contributed by atoms with Gasteiger partial charge in [0.05, 0.1) is 0 Å². The summed E-state index contributed by atoms with van der Waals surface area (Å²) in [5, 5.41) is 0. The van der Waals surface area contributed by atoms with Crippen LogP contribution in [0.25, 0.3) is 0 Å². The Morgan fingerprint density at radius 3 is 2.82 bits per heavy atom. The van der Waals surface area contributed by atoms with Crippen molar-refractivity contribution in [3.05, 3.63) is 30.1 Å². The van der Waals surface area contributed by atoms with Crippen molar-refractivity contribution in [3.63, 3.8) is 0 Å². The molecular formula is C9H12ClN. The lowest BCUT2D eigenvalue weighted by Gasteiger charge is -2.08. The summed E-state index contributed by atoms with van der Waals surface area (Å²) in [7, 11) is 0. The first kappa shape index (κ1) is 8.54. The molecule has 0 aliphatic rings. The Morgan fingerprint density at radius 2 is 2.36 bits per heavy atom. The molecule has 1 aromatic rings. The fourth-order valence-corrected chi connectivity index (χ4v) is 1.39. The third-order valence-corrected chi connectivity index (χ3v) is 2.16. The van der Waals surface area contributed by atoms with Gasteiger partial charge in [-0.3, -0.25) is 4.98 Å². The molecule has 0 saturated carbocycles. The third kappa shape index (κ3) is 2.19. The Kier molecular flexibility index (Phi) is 3.37. The molecule has 0 fully saturated rings. The van der Waals surface area contributed by atoms with Gasteiger partial charge in [0.25, 0.3) is 0 Å². The molecule has 0 N–H and O–H groups in total. The van der Waals surface area contributed by atoms with Crippen molar-refractivity contribution in [2.24, 2.45) is 0 Å². The topological polar surface area (TPSA) is 12.9 Å². The van der Waals surface area contributed by atoms with Gasteiger partial charge in [0, 0.05) is 23.7 Å². The smallest absolute Gasteiger partial charge is 0.0446 e. The van der Waals surface area contributed by atoms with Gasteiger partial charge in [0.1, 0.15) is 0 Å². The zero-order valence-electron chi connectivity index (χ0n) is 6.63. The minimum absolute atomic E-state index is 0.415. The highest BCUT2D eigenvalue weighted by atomic mass is 35.5. The fraction of sp³-hybridized carbons (Fsp3) is 0.444. The average Bonchev–Trinajstić information content (AvgIpc) is 2.09. The zero-order valence-corrected chi connectivity index (χ0v) is 7.38. The van der Waals surface area contributed by atoms with E-state index in [1.807, 2.05) is 24.4 Å². The highest BCUT2D eigenvalue weighted by Crippen LogP contribution is 2.17. The molecule has 1 unspecified atom stereocenters. The third-order valence-electron chi connectivity index (χ3n) is 1.79. The number of nitrogens with zero attached hydrogens (tertiary/aromatic N) is 1. The maximum Gasteiger partial charge on any atom is 0.0446 e. The van der Waals surface area contributed by atoms with Crippen LogP contribution in [0.1, 0.15) is 25.0 Å². The first-order valence-corrected chi connectivity index (χ1v) is 4.38. The van der Waals surface area contributed by atoms with Crippen molar-refractivity contribution in [3.8, 4) is 0 Å². The molecule has 0 aliphatic heterocycles. The van der Waals surface area contributed by atoms with Gasteiger partial charge in [-0.2, -0.15) is 0 Å². The maximum absolute atomic E-state index is 5.76. The van der Waals surface area contributed by atoms with Gasteiger partial charge in [0.2, 0.25) is 0 Å². The van der Waals surface area contributed by atoms with Crippen LogP contribution in [0.3, 0.4) is 0 Å². The van der Waals surface area contributed by atoms with Crippen molar-refractivity contribution in [1.29, 1.82) is 0 Å². The summed E-state index contributed by atoms with van der Waals surface area (Å²) in [6, 6.07) is 5.94. The van der Waals surface area contributed by atoms with Crippen molar-refractivity contribution >= 4 is 11.6 Å². The molecule has 0 aliphatic carbocycles. The van der Waals surface area contributed by atoms with E-state index in [-0.39, 0.29) is 0 Å². The van der Waals surface area contributed by atoms with Crippen molar-refractivity contribution in [2.75, 3.05) is 5.88 Å². The molecule has 0 bridgehead atoms. The van der Waals surface area contributed by atoms with Gasteiger partial charge < -0.3 is 0 Å². The summed E-state index contributed by atoms with van der Waals surface area (Å²) in [6.45, 7) is 2.13. The fourth-order valence-electron chi connectivity index (χ4n) is 1.01. The monoisotopic (exact) mass is 169 g/mol. The molecule has 0 amide bonds. The first-order chi connectivity index (χ1) is 5.38. The predicted molar refractivity (Wildman–Crippen MR) is 48.0 cm³/mol.